The fourth-order valence-corrected chi connectivity index (χ4v) is 4.14. The molecule has 1 aromatic carbocycles. The Bertz CT molecular complexity index is 930. The van der Waals surface area contributed by atoms with Crippen LogP contribution in [0.5, 0.6) is 0 Å². The van der Waals surface area contributed by atoms with Crippen LogP contribution in [-0.2, 0) is 11.2 Å². The molecule has 1 fully saturated rings. The second-order valence-electron chi connectivity index (χ2n) is 6.87. The number of benzene rings is 1. The SMILES string of the molecule is O=C(Cc1cccs1)N1CCC[C@H](c2ccnc(Nc3ccc(F)cc3)n2)C1. The molecule has 2 aromatic heterocycles. The lowest BCUT2D eigenvalue weighted by atomic mass is 9.94. The summed E-state index contributed by atoms with van der Waals surface area (Å²) in [5.74, 6) is 0.560. The van der Waals surface area contributed by atoms with E-state index in [2.05, 4.69) is 15.3 Å². The second-order valence-corrected chi connectivity index (χ2v) is 7.90. The summed E-state index contributed by atoms with van der Waals surface area (Å²) in [5, 5.41) is 5.10. The zero-order chi connectivity index (χ0) is 19.3. The molecule has 7 heteroatoms. The first-order valence-corrected chi connectivity index (χ1v) is 10.2. The molecule has 4 rings (SSSR count). The fourth-order valence-electron chi connectivity index (χ4n) is 3.44. The summed E-state index contributed by atoms with van der Waals surface area (Å²) >= 11 is 1.62. The topological polar surface area (TPSA) is 58.1 Å². The average molecular weight is 396 g/mol. The van der Waals surface area contributed by atoms with Gasteiger partial charge in [0.1, 0.15) is 5.82 Å². The largest absolute Gasteiger partial charge is 0.342 e. The van der Waals surface area contributed by atoms with Crippen molar-refractivity contribution in [1.82, 2.24) is 14.9 Å². The van der Waals surface area contributed by atoms with Crippen molar-refractivity contribution in [1.29, 1.82) is 0 Å². The smallest absolute Gasteiger partial charge is 0.227 e. The van der Waals surface area contributed by atoms with E-state index >= 15 is 0 Å². The Morgan fingerprint density at radius 2 is 2.11 bits per heavy atom. The monoisotopic (exact) mass is 396 g/mol. The van der Waals surface area contributed by atoms with Crippen molar-refractivity contribution in [3.05, 3.63) is 70.4 Å². The third-order valence-corrected chi connectivity index (χ3v) is 5.75. The molecule has 144 valence electrons. The number of rotatable bonds is 5. The summed E-state index contributed by atoms with van der Waals surface area (Å²) in [6.45, 7) is 1.48. The fraction of sp³-hybridized carbons (Fsp3) is 0.286. The molecule has 1 atom stereocenters. The summed E-state index contributed by atoms with van der Waals surface area (Å²) in [7, 11) is 0. The van der Waals surface area contributed by atoms with E-state index in [0.717, 1.165) is 35.6 Å². The maximum Gasteiger partial charge on any atom is 0.227 e. The second kappa shape index (κ2) is 8.48. The third kappa shape index (κ3) is 4.54. The molecular weight excluding hydrogens is 375 g/mol. The first-order chi connectivity index (χ1) is 13.7. The van der Waals surface area contributed by atoms with Crippen molar-refractivity contribution in [2.45, 2.75) is 25.2 Å². The van der Waals surface area contributed by atoms with E-state index in [1.165, 1.54) is 12.1 Å². The Morgan fingerprint density at radius 1 is 1.25 bits per heavy atom. The van der Waals surface area contributed by atoms with Gasteiger partial charge in [-0.15, -0.1) is 11.3 Å². The van der Waals surface area contributed by atoms with Gasteiger partial charge in [-0.05, 0) is 54.6 Å². The van der Waals surface area contributed by atoms with Crippen molar-refractivity contribution in [2.75, 3.05) is 18.4 Å². The molecule has 1 aliphatic heterocycles. The molecule has 0 aliphatic carbocycles. The number of amides is 1. The Kier molecular flexibility index (Phi) is 5.62. The molecule has 1 N–H and O–H groups in total. The zero-order valence-electron chi connectivity index (χ0n) is 15.3. The number of hydrogen-bond donors (Lipinski definition) is 1. The molecule has 1 aliphatic rings. The van der Waals surface area contributed by atoms with Crippen molar-refractivity contribution >= 4 is 28.9 Å². The number of anilines is 2. The van der Waals surface area contributed by atoms with Crippen molar-refractivity contribution < 1.29 is 9.18 Å². The van der Waals surface area contributed by atoms with Crippen LogP contribution in [0.15, 0.2) is 54.0 Å². The molecule has 1 saturated heterocycles. The molecule has 3 aromatic rings. The molecule has 0 unspecified atom stereocenters. The van der Waals surface area contributed by atoms with Gasteiger partial charge >= 0.3 is 0 Å². The zero-order valence-corrected chi connectivity index (χ0v) is 16.2. The number of thiophene rings is 1. The van der Waals surface area contributed by atoms with E-state index in [1.807, 2.05) is 28.5 Å². The van der Waals surface area contributed by atoms with Gasteiger partial charge < -0.3 is 10.2 Å². The molecule has 1 amide bonds. The van der Waals surface area contributed by atoms with Gasteiger partial charge in [0.05, 0.1) is 12.1 Å². The van der Waals surface area contributed by atoms with Crippen LogP contribution in [0.3, 0.4) is 0 Å². The van der Waals surface area contributed by atoms with Crippen LogP contribution in [0.4, 0.5) is 16.0 Å². The quantitative estimate of drug-likeness (QED) is 0.696. The summed E-state index contributed by atoms with van der Waals surface area (Å²) < 4.78 is 13.1. The maximum atomic E-state index is 13.1. The lowest BCUT2D eigenvalue weighted by Gasteiger charge is -2.32. The molecular formula is C21H21FN4OS. The predicted octanol–water partition coefficient (Wildman–Crippen LogP) is 4.37. The van der Waals surface area contributed by atoms with Gasteiger partial charge in [0.2, 0.25) is 11.9 Å². The molecule has 0 spiro atoms. The van der Waals surface area contributed by atoms with E-state index in [-0.39, 0.29) is 17.6 Å². The number of hydrogen-bond acceptors (Lipinski definition) is 5. The number of nitrogens with zero attached hydrogens (tertiary/aromatic N) is 3. The number of piperidine rings is 1. The Hall–Kier alpha value is -2.80. The van der Waals surface area contributed by atoms with Gasteiger partial charge in [-0.3, -0.25) is 4.79 Å². The standard InChI is InChI=1S/C21H21FN4OS/c22-16-5-7-17(8-6-16)24-21-23-10-9-19(25-21)15-3-1-11-26(14-15)20(27)13-18-4-2-12-28-18/h2,4-10,12,15H,1,3,11,13-14H2,(H,23,24,25)/t15-/m0/s1. The molecule has 0 saturated carbocycles. The van der Waals surface area contributed by atoms with Crippen molar-refractivity contribution in [3.8, 4) is 0 Å². The van der Waals surface area contributed by atoms with E-state index in [1.54, 1.807) is 29.7 Å². The van der Waals surface area contributed by atoms with Crippen LogP contribution in [0.2, 0.25) is 0 Å². The first kappa shape index (κ1) is 18.6. The molecule has 28 heavy (non-hydrogen) atoms. The van der Waals surface area contributed by atoms with Gasteiger partial charge in [0.25, 0.3) is 0 Å². The summed E-state index contributed by atoms with van der Waals surface area (Å²) in [4.78, 5) is 24.6. The Labute approximate surface area is 167 Å². The highest BCUT2D eigenvalue weighted by atomic mass is 32.1. The highest BCUT2D eigenvalue weighted by molar-refractivity contribution is 7.10. The minimum atomic E-state index is -0.283. The number of nitrogens with one attached hydrogen (secondary N) is 1. The van der Waals surface area contributed by atoms with E-state index in [4.69, 9.17) is 0 Å². The number of carbonyl (C=O) groups is 1. The van der Waals surface area contributed by atoms with Crippen molar-refractivity contribution in [2.24, 2.45) is 0 Å². The maximum absolute atomic E-state index is 13.1. The number of aromatic nitrogens is 2. The average Bonchev–Trinajstić information content (AvgIpc) is 3.23. The van der Waals surface area contributed by atoms with E-state index in [0.29, 0.717) is 18.9 Å². The predicted molar refractivity (Wildman–Crippen MR) is 108 cm³/mol. The van der Waals surface area contributed by atoms with Gasteiger partial charge in [-0.25, -0.2) is 14.4 Å². The number of halogens is 1. The molecule has 3 heterocycles. The van der Waals surface area contributed by atoms with Crippen LogP contribution in [-0.4, -0.2) is 33.9 Å². The van der Waals surface area contributed by atoms with Crippen LogP contribution in [0.1, 0.15) is 29.3 Å². The van der Waals surface area contributed by atoms with Crippen LogP contribution < -0.4 is 5.32 Å². The highest BCUT2D eigenvalue weighted by Crippen LogP contribution is 2.27. The minimum Gasteiger partial charge on any atom is -0.342 e. The van der Waals surface area contributed by atoms with Crippen LogP contribution >= 0.6 is 11.3 Å². The number of likely N-dealkylation sites (tertiary alicyclic amines) is 1. The first-order valence-electron chi connectivity index (χ1n) is 9.33. The summed E-state index contributed by atoms with van der Waals surface area (Å²) in [6, 6.07) is 12.0. The lowest BCUT2D eigenvalue weighted by molar-refractivity contribution is -0.131. The van der Waals surface area contributed by atoms with E-state index < -0.39 is 0 Å². The number of carbonyl (C=O) groups excluding carboxylic acids is 1. The lowest BCUT2D eigenvalue weighted by Crippen LogP contribution is -2.40. The molecule has 5 nitrogen and oxygen atoms in total. The summed E-state index contributed by atoms with van der Waals surface area (Å²) in [5.41, 5.74) is 1.66. The van der Waals surface area contributed by atoms with Gasteiger partial charge in [-0.2, -0.15) is 0 Å². The summed E-state index contributed by atoms with van der Waals surface area (Å²) in [6.07, 6.45) is 4.15. The third-order valence-electron chi connectivity index (χ3n) is 4.88. The molecule has 0 radical (unpaired) electrons. The van der Waals surface area contributed by atoms with Gasteiger partial charge in [-0.1, -0.05) is 6.07 Å². The van der Waals surface area contributed by atoms with Gasteiger partial charge in [0, 0.05) is 35.8 Å². The normalized spacial score (nSPS) is 16.8. The molecule has 0 bridgehead atoms. The Morgan fingerprint density at radius 3 is 2.89 bits per heavy atom. The highest BCUT2D eigenvalue weighted by Gasteiger charge is 2.26. The van der Waals surface area contributed by atoms with Gasteiger partial charge in [0.15, 0.2) is 0 Å². The van der Waals surface area contributed by atoms with Crippen LogP contribution in [0, 0.1) is 5.82 Å². The van der Waals surface area contributed by atoms with Crippen molar-refractivity contribution in [3.63, 3.8) is 0 Å². The minimum absolute atomic E-state index is 0.172. The Balaban J connectivity index is 1.43. The van der Waals surface area contributed by atoms with Crippen LogP contribution in [0.25, 0.3) is 0 Å². The van der Waals surface area contributed by atoms with E-state index in [9.17, 15) is 9.18 Å².